The minimum Gasteiger partial charge on any atom is -0.481 e. The van der Waals surface area contributed by atoms with E-state index in [1.807, 2.05) is 46.1 Å². The van der Waals surface area contributed by atoms with Gasteiger partial charge in [-0.2, -0.15) is 11.8 Å². The number of aliphatic imine (C=N–C) groups is 1. The van der Waals surface area contributed by atoms with E-state index in [9.17, 15) is 77.0 Å². The van der Waals surface area contributed by atoms with Crippen molar-refractivity contribution in [1.82, 2.24) is 53.2 Å². The van der Waals surface area contributed by atoms with Crippen LogP contribution in [0.25, 0.3) is 0 Å². The number of rotatable bonds is 59. The number of carboxylic acid groups (broad SMARTS) is 2. The predicted octanol–water partition coefficient (Wildman–Crippen LogP) is 0.353. The van der Waals surface area contributed by atoms with Crippen molar-refractivity contribution in [3.63, 3.8) is 0 Å². The van der Waals surface area contributed by atoms with Crippen LogP contribution in [0.1, 0.15) is 210 Å². The van der Waals surface area contributed by atoms with E-state index in [1.54, 1.807) is 20.8 Å². The molecule has 103 heavy (non-hydrogen) atoms. The molecule has 0 aliphatic rings. The van der Waals surface area contributed by atoms with Gasteiger partial charge in [-0.3, -0.25) is 67.3 Å². The number of primary amides is 2. The second-order valence-corrected chi connectivity index (χ2v) is 28.6. The first-order valence-electron chi connectivity index (χ1n) is 35.7. The van der Waals surface area contributed by atoms with Gasteiger partial charge >= 0.3 is 11.9 Å². The van der Waals surface area contributed by atoms with Gasteiger partial charge < -0.3 is 102 Å². The molecule has 0 aliphatic heterocycles. The first-order valence-corrected chi connectivity index (χ1v) is 37.1. The standard InChI is InChI=1S/C69H122N16O17S/c1-11-44(6)57(64(100)80-49(24-19-22-33-70)59(95)77-46(39-86)26-28-55(90)91)84-61(97)50(25-23-34-75-67(73)74)79-60(96)51(27-29-56(92)93)82-66(102)69(9,85-45(7)88)32-21-18-16-14-12-13-15-17-20-31-68(8,41-76-47(40-87)36-42(2)3)65(101)83-53(38-54(71)89)63(99)81-52(37-43(4)5)62(98)78-48(58(72)94)30-35-103-10/h13,15,39-40,42-44,46-53,57,76H,11-12,14,16-38,41,70H2,1-10H3,(H2,71,89)(H2,72,94)(H,77,95)(H,78,98)(H,79,96)(H,80,100)(H,81,99)(H,82,102)(H,83,101)(H,84,97)(H,85,88)(H,90,91)(H,92,93)(H4,73,74,75)/t44-,46-,47-,48-,49-,50-,51-,52-,53-,57-,68+,69+/m0/s1. The molecular formula is C69H122N16O17S. The summed E-state index contributed by atoms with van der Waals surface area (Å²) in [4.78, 5) is 201. The molecule has 11 amide bonds. The third-order valence-electron chi connectivity index (χ3n) is 17.2. The molecule has 0 radical (unpaired) electrons. The first kappa shape index (κ1) is 94.7. The fourth-order valence-corrected chi connectivity index (χ4v) is 11.5. The quantitative estimate of drug-likeness (QED) is 0.0128. The van der Waals surface area contributed by atoms with Crippen LogP contribution in [-0.4, -0.2) is 197 Å². The topological polar surface area (TPSA) is 559 Å². The Labute approximate surface area is 610 Å². The summed E-state index contributed by atoms with van der Waals surface area (Å²) >= 11 is 1.45. The Kier molecular flexibility index (Phi) is 47.6. The number of aliphatic carboxylic acids is 2. The second kappa shape index (κ2) is 51.8. The van der Waals surface area contributed by atoms with Crippen LogP contribution in [0.15, 0.2) is 17.1 Å². The first-order chi connectivity index (χ1) is 48.4. The third-order valence-corrected chi connectivity index (χ3v) is 17.9. The summed E-state index contributed by atoms with van der Waals surface area (Å²) in [7, 11) is 0. The lowest BCUT2D eigenvalue weighted by Gasteiger charge is -2.32. The number of carboxylic acids is 2. The molecular weight excluding hydrogens is 1360 g/mol. The van der Waals surface area contributed by atoms with Gasteiger partial charge in [-0.15, -0.1) is 0 Å². The van der Waals surface area contributed by atoms with E-state index >= 15 is 0 Å². The van der Waals surface area contributed by atoms with Crippen molar-refractivity contribution in [1.29, 1.82) is 0 Å². The van der Waals surface area contributed by atoms with E-state index in [4.69, 9.17) is 33.8 Å². The van der Waals surface area contributed by atoms with Gasteiger partial charge in [-0.05, 0) is 153 Å². The molecule has 12 atom stereocenters. The normalized spacial score (nSPS) is 15.4. The molecule has 0 rings (SSSR count). The van der Waals surface area contributed by atoms with Gasteiger partial charge in [0.15, 0.2) is 5.96 Å². The van der Waals surface area contributed by atoms with Crippen LogP contribution >= 0.6 is 11.8 Å². The summed E-state index contributed by atoms with van der Waals surface area (Å²) in [6.07, 6.45) is 11.1. The van der Waals surface area contributed by atoms with Gasteiger partial charge in [0.05, 0.1) is 23.9 Å². The van der Waals surface area contributed by atoms with Gasteiger partial charge in [0.1, 0.15) is 60.4 Å². The van der Waals surface area contributed by atoms with Crippen LogP contribution in [-0.2, 0) is 71.9 Å². The van der Waals surface area contributed by atoms with Gasteiger partial charge in [0, 0.05) is 32.9 Å². The average molecular weight is 1480 g/mol. The number of aldehydes is 2. The third kappa shape index (κ3) is 41.0. The SMILES string of the molecule is CC[C@H](C)[C@H](NC(=O)[C@H](CCCN=C(N)N)NC(=O)[C@H](CCC(=O)O)NC(=O)[C@@](C)(CCCCCCC=CCCC[C@](C)(CN[C@H](C=O)CC(C)C)C(=O)N[C@@H](CC(N)=O)C(=O)N[C@@H](CC(C)C)C(=O)N[C@@H](CCSC)C(N)=O)NC(C)=O)C(=O)N[C@@H](CCCCN)C(=O)N[C@H](C=O)CCC(=O)O. The zero-order chi connectivity index (χ0) is 78.4. The summed E-state index contributed by atoms with van der Waals surface area (Å²) < 4.78 is 0. The van der Waals surface area contributed by atoms with Crippen LogP contribution < -0.4 is 81.8 Å². The second-order valence-electron chi connectivity index (χ2n) is 27.6. The molecule has 34 heteroatoms. The van der Waals surface area contributed by atoms with Crippen molar-refractivity contribution in [3.8, 4) is 0 Å². The van der Waals surface area contributed by atoms with E-state index < -0.39 is 174 Å². The number of guanidine groups is 1. The number of unbranched alkanes of at least 4 members (excludes halogenated alkanes) is 6. The molecule has 0 saturated heterocycles. The van der Waals surface area contributed by atoms with Crippen molar-refractivity contribution in [3.05, 3.63) is 12.2 Å². The summed E-state index contributed by atoms with van der Waals surface area (Å²) in [5.74, 6) is -11.4. The molecule has 0 saturated carbocycles. The fraction of sp³-hybridized carbons (Fsp3) is 0.739. The van der Waals surface area contributed by atoms with Crippen molar-refractivity contribution >= 4 is 107 Å². The maximum Gasteiger partial charge on any atom is 0.303 e. The Morgan fingerprint density at radius 2 is 1.05 bits per heavy atom. The molecule has 0 bridgehead atoms. The Balaban J connectivity index is 6.48. The Hall–Kier alpha value is -8.27. The lowest BCUT2D eigenvalue weighted by Crippen LogP contribution is -2.62. The minimum atomic E-state index is -1.62. The maximum absolute atomic E-state index is 14.4. The summed E-state index contributed by atoms with van der Waals surface area (Å²) in [6, 6.07) is -11.0. The molecule has 22 N–H and O–H groups in total. The van der Waals surface area contributed by atoms with E-state index in [1.165, 1.54) is 25.6 Å². The molecule has 0 aromatic rings. The van der Waals surface area contributed by atoms with Crippen LogP contribution in [0, 0.1) is 23.2 Å². The number of carbonyl (C=O) groups excluding carboxylic acids is 13. The molecule has 586 valence electrons. The van der Waals surface area contributed by atoms with Crippen LogP contribution in [0.4, 0.5) is 0 Å². The molecule has 0 fully saturated rings. The number of nitrogens with one attached hydrogen (secondary N) is 10. The Morgan fingerprint density at radius 3 is 1.59 bits per heavy atom. The molecule has 0 aliphatic carbocycles. The predicted molar refractivity (Wildman–Crippen MR) is 391 cm³/mol. The lowest BCUT2D eigenvalue weighted by molar-refractivity contribution is -0.139. The van der Waals surface area contributed by atoms with Crippen molar-refractivity contribution in [2.75, 3.05) is 31.6 Å². The Morgan fingerprint density at radius 1 is 0.534 bits per heavy atom. The highest BCUT2D eigenvalue weighted by Gasteiger charge is 2.40. The lowest BCUT2D eigenvalue weighted by atomic mass is 9.82. The van der Waals surface area contributed by atoms with Gasteiger partial charge in [-0.25, -0.2) is 0 Å². The summed E-state index contributed by atoms with van der Waals surface area (Å²) in [5.41, 5.74) is 25.1. The fourth-order valence-electron chi connectivity index (χ4n) is 11.0. The summed E-state index contributed by atoms with van der Waals surface area (Å²) in [6.45, 7) is 15.6. The van der Waals surface area contributed by atoms with E-state index in [2.05, 4.69) is 58.2 Å². The zero-order valence-electron chi connectivity index (χ0n) is 62.1. The van der Waals surface area contributed by atoms with Crippen LogP contribution in [0.3, 0.4) is 0 Å². The van der Waals surface area contributed by atoms with E-state index in [-0.39, 0.29) is 88.8 Å². The number of nitrogens with two attached hydrogens (primary N) is 5. The largest absolute Gasteiger partial charge is 0.481 e. The zero-order valence-corrected chi connectivity index (χ0v) is 62.9. The summed E-state index contributed by atoms with van der Waals surface area (Å²) in [5, 5.41) is 45.7. The maximum atomic E-state index is 14.4. The number of hydrogen-bond donors (Lipinski definition) is 17. The molecule has 0 spiro atoms. The highest BCUT2D eigenvalue weighted by molar-refractivity contribution is 7.98. The van der Waals surface area contributed by atoms with Crippen LogP contribution in [0.5, 0.6) is 0 Å². The van der Waals surface area contributed by atoms with Crippen molar-refractivity contribution < 1.29 is 82.1 Å². The number of nitrogens with zero attached hydrogens (tertiary/aromatic N) is 1. The number of amides is 11. The van der Waals surface area contributed by atoms with Crippen molar-refractivity contribution in [2.24, 2.45) is 56.8 Å². The number of hydrogen-bond acceptors (Lipinski definition) is 19. The average Bonchev–Trinajstić information content (AvgIpc) is 0.843. The molecule has 0 heterocycles. The van der Waals surface area contributed by atoms with E-state index in [0.29, 0.717) is 82.7 Å². The number of thioether (sulfide) groups is 1. The number of allylic oxidation sites excluding steroid dienone is 2. The van der Waals surface area contributed by atoms with Crippen molar-refractivity contribution in [2.45, 2.75) is 270 Å². The minimum absolute atomic E-state index is 0.00662. The van der Waals surface area contributed by atoms with Gasteiger partial charge in [0.25, 0.3) is 0 Å². The monoisotopic (exact) mass is 1480 g/mol. The molecule has 0 aromatic carbocycles. The van der Waals surface area contributed by atoms with E-state index in [0.717, 1.165) is 6.29 Å². The highest BCUT2D eigenvalue weighted by atomic mass is 32.2. The van der Waals surface area contributed by atoms with Crippen LogP contribution in [0.2, 0.25) is 0 Å². The smallest absolute Gasteiger partial charge is 0.303 e. The molecule has 0 unspecified atom stereocenters. The number of carbonyl (C=O) groups is 15. The van der Waals surface area contributed by atoms with Gasteiger partial charge in [0.2, 0.25) is 65.0 Å². The molecule has 33 nitrogen and oxygen atoms in total. The highest BCUT2D eigenvalue weighted by Crippen LogP contribution is 2.26. The molecule has 0 aromatic heterocycles. The Bertz CT molecular complexity index is 2810. The van der Waals surface area contributed by atoms with Gasteiger partial charge in [-0.1, -0.05) is 79.4 Å².